The van der Waals surface area contributed by atoms with Crippen molar-refractivity contribution in [2.45, 2.75) is 26.7 Å². The first-order valence-corrected chi connectivity index (χ1v) is 9.02. The van der Waals surface area contributed by atoms with Crippen LogP contribution in [-0.4, -0.2) is 33.7 Å². The van der Waals surface area contributed by atoms with E-state index < -0.39 is 10.0 Å². The summed E-state index contributed by atoms with van der Waals surface area (Å²) >= 11 is 0. The number of hydrogen-bond acceptors (Lipinski definition) is 3. The van der Waals surface area contributed by atoms with Crippen molar-refractivity contribution < 1.29 is 13.2 Å². The molecule has 0 saturated carbocycles. The first-order chi connectivity index (χ1) is 9.79. The maximum absolute atomic E-state index is 12.1. The van der Waals surface area contributed by atoms with Crippen molar-refractivity contribution in [3.05, 3.63) is 29.3 Å². The summed E-state index contributed by atoms with van der Waals surface area (Å²) in [5.74, 6) is 0.379. The van der Waals surface area contributed by atoms with Crippen LogP contribution >= 0.6 is 0 Å². The van der Waals surface area contributed by atoms with Crippen LogP contribution in [-0.2, 0) is 16.4 Å². The Labute approximate surface area is 126 Å². The smallest absolute Gasteiger partial charge is 0.251 e. The van der Waals surface area contributed by atoms with E-state index in [9.17, 15) is 13.2 Å². The Morgan fingerprint density at radius 1 is 1.38 bits per heavy atom. The molecule has 0 atom stereocenters. The van der Waals surface area contributed by atoms with Gasteiger partial charge in [0, 0.05) is 18.7 Å². The minimum absolute atomic E-state index is 0.154. The molecule has 0 aromatic heterocycles. The number of nitrogens with zero attached hydrogens (tertiary/aromatic N) is 1. The Balaban J connectivity index is 2.15. The Bertz CT molecular complexity index is 638. The van der Waals surface area contributed by atoms with Gasteiger partial charge >= 0.3 is 0 Å². The van der Waals surface area contributed by atoms with Crippen LogP contribution in [0.25, 0.3) is 0 Å². The first kappa shape index (κ1) is 15.8. The SMILES string of the molecule is CC(C)CCNC(=O)c1ccc2c(c1)N(S(C)(=O)=O)CC2. The molecule has 0 unspecified atom stereocenters. The highest BCUT2D eigenvalue weighted by Gasteiger charge is 2.26. The van der Waals surface area contributed by atoms with Gasteiger partial charge in [-0.3, -0.25) is 9.10 Å². The molecule has 21 heavy (non-hydrogen) atoms. The van der Waals surface area contributed by atoms with E-state index in [4.69, 9.17) is 0 Å². The summed E-state index contributed by atoms with van der Waals surface area (Å²) in [6.07, 6.45) is 2.81. The Hall–Kier alpha value is -1.56. The quantitative estimate of drug-likeness (QED) is 0.901. The first-order valence-electron chi connectivity index (χ1n) is 7.18. The zero-order valence-electron chi connectivity index (χ0n) is 12.7. The van der Waals surface area contributed by atoms with Gasteiger partial charge in [0.1, 0.15) is 0 Å². The average Bonchev–Trinajstić information content (AvgIpc) is 2.80. The second-order valence-corrected chi connectivity index (χ2v) is 7.77. The predicted molar refractivity (Wildman–Crippen MR) is 84.1 cm³/mol. The summed E-state index contributed by atoms with van der Waals surface area (Å²) in [6.45, 7) is 5.28. The molecule has 5 nitrogen and oxygen atoms in total. The summed E-state index contributed by atoms with van der Waals surface area (Å²) < 4.78 is 24.9. The van der Waals surface area contributed by atoms with Crippen LogP contribution in [0.15, 0.2) is 18.2 Å². The fourth-order valence-electron chi connectivity index (χ4n) is 2.41. The van der Waals surface area contributed by atoms with E-state index >= 15 is 0 Å². The molecule has 2 rings (SSSR count). The van der Waals surface area contributed by atoms with Crippen LogP contribution in [0.4, 0.5) is 5.69 Å². The molecule has 0 bridgehead atoms. The molecular weight excluding hydrogens is 288 g/mol. The van der Waals surface area contributed by atoms with Crippen molar-refractivity contribution in [3.63, 3.8) is 0 Å². The molecule has 116 valence electrons. The van der Waals surface area contributed by atoms with E-state index in [1.54, 1.807) is 12.1 Å². The molecule has 1 N–H and O–H groups in total. The lowest BCUT2D eigenvalue weighted by molar-refractivity contribution is 0.0952. The molecule has 1 aromatic rings. The van der Waals surface area contributed by atoms with Gasteiger partial charge in [0.15, 0.2) is 0 Å². The van der Waals surface area contributed by atoms with E-state index in [0.29, 0.717) is 36.7 Å². The fraction of sp³-hybridized carbons (Fsp3) is 0.533. The topological polar surface area (TPSA) is 66.5 Å². The Morgan fingerprint density at radius 3 is 2.71 bits per heavy atom. The largest absolute Gasteiger partial charge is 0.352 e. The maximum atomic E-state index is 12.1. The van der Waals surface area contributed by atoms with Gasteiger partial charge in [0.25, 0.3) is 5.91 Å². The summed E-state index contributed by atoms with van der Waals surface area (Å²) in [5.41, 5.74) is 2.11. The monoisotopic (exact) mass is 310 g/mol. The Kier molecular flexibility index (Phi) is 4.56. The number of anilines is 1. The molecule has 0 spiro atoms. The number of carbonyl (C=O) groups excluding carboxylic acids is 1. The second-order valence-electron chi connectivity index (χ2n) is 5.87. The molecule has 1 aliphatic rings. The predicted octanol–water partition coefficient (Wildman–Crippen LogP) is 1.78. The number of hydrogen-bond donors (Lipinski definition) is 1. The van der Waals surface area contributed by atoms with E-state index in [2.05, 4.69) is 19.2 Å². The van der Waals surface area contributed by atoms with E-state index in [-0.39, 0.29) is 5.91 Å². The number of sulfonamides is 1. The van der Waals surface area contributed by atoms with Gasteiger partial charge in [0.05, 0.1) is 11.9 Å². The number of carbonyl (C=O) groups is 1. The molecule has 0 fully saturated rings. The third kappa shape index (κ3) is 3.75. The van der Waals surface area contributed by atoms with Crippen molar-refractivity contribution in [1.29, 1.82) is 0 Å². The third-order valence-electron chi connectivity index (χ3n) is 3.61. The fourth-order valence-corrected chi connectivity index (χ4v) is 3.36. The highest BCUT2D eigenvalue weighted by molar-refractivity contribution is 7.92. The van der Waals surface area contributed by atoms with E-state index in [0.717, 1.165) is 12.0 Å². The van der Waals surface area contributed by atoms with Crippen LogP contribution in [0.2, 0.25) is 0 Å². The number of nitrogens with one attached hydrogen (secondary N) is 1. The highest BCUT2D eigenvalue weighted by atomic mass is 32.2. The van der Waals surface area contributed by atoms with Crippen LogP contribution in [0, 0.1) is 5.92 Å². The number of fused-ring (bicyclic) bond motifs is 1. The minimum Gasteiger partial charge on any atom is -0.352 e. The summed E-state index contributed by atoms with van der Waals surface area (Å²) in [7, 11) is -3.28. The minimum atomic E-state index is -3.28. The highest BCUT2D eigenvalue weighted by Crippen LogP contribution is 2.30. The van der Waals surface area contributed by atoms with Gasteiger partial charge in [0.2, 0.25) is 10.0 Å². The van der Waals surface area contributed by atoms with Crippen LogP contribution in [0.5, 0.6) is 0 Å². The van der Waals surface area contributed by atoms with Gasteiger partial charge in [-0.1, -0.05) is 19.9 Å². The number of amides is 1. The Morgan fingerprint density at radius 2 is 2.10 bits per heavy atom. The zero-order chi connectivity index (χ0) is 15.6. The van der Waals surface area contributed by atoms with Gasteiger partial charge in [-0.25, -0.2) is 8.42 Å². The maximum Gasteiger partial charge on any atom is 0.251 e. The van der Waals surface area contributed by atoms with E-state index in [1.807, 2.05) is 6.07 Å². The molecule has 0 aliphatic carbocycles. The van der Waals surface area contributed by atoms with Crippen molar-refractivity contribution >= 4 is 21.6 Å². The standard InChI is InChI=1S/C15H22N2O3S/c1-11(2)6-8-16-15(18)13-5-4-12-7-9-17(14(12)10-13)21(3,19)20/h4-5,10-11H,6-9H2,1-3H3,(H,16,18). The number of rotatable bonds is 5. The van der Waals surface area contributed by atoms with E-state index in [1.165, 1.54) is 10.6 Å². The molecular formula is C15H22N2O3S. The molecule has 0 saturated heterocycles. The molecule has 1 aromatic carbocycles. The second kappa shape index (κ2) is 6.05. The van der Waals surface area contributed by atoms with Crippen LogP contribution < -0.4 is 9.62 Å². The summed E-state index contributed by atoms with van der Waals surface area (Å²) in [6, 6.07) is 5.28. The molecule has 1 heterocycles. The molecule has 1 amide bonds. The van der Waals surface area contributed by atoms with Crippen LogP contribution in [0.1, 0.15) is 36.2 Å². The van der Waals surface area contributed by atoms with Crippen LogP contribution in [0.3, 0.4) is 0 Å². The lowest BCUT2D eigenvalue weighted by Crippen LogP contribution is -2.28. The average molecular weight is 310 g/mol. The third-order valence-corrected chi connectivity index (χ3v) is 4.79. The van der Waals surface area contributed by atoms with Gasteiger partial charge < -0.3 is 5.32 Å². The normalized spacial score (nSPS) is 14.4. The summed E-state index contributed by atoms with van der Waals surface area (Å²) in [5, 5.41) is 2.87. The van der Waals surface area contributed by atoms with Crippen molar-refractivity contribution in [2.24, 2.45) is 5.92 Å². The summed E-state index contributed by atoms with van der Waals surface area (Å²) in [4.78, 5) is 12.1. The molecule has 0 radical (unpaired) electrons. The van der Waals surface area contributed by atoms with Gasteiger partial charge in [-0.2, -0.15) is 0 Å². The lowest BCUT2D eigenvalue weighted by Gasteiger charge is -2.17. The van der Waals surface area contributed by atoms with Crippen molar-refractivity contribution in [1.82, 2.24) is 5.32 Å². The van der Waals surface area contributed by atoms with Gasteiger partial charge in [-0.15, -0.1) is 0 Å². The molecule has 6 heteroatoms. The lowest BCUT2D eigenvalue weighted by atomic mass is 10.1. The van der Waals surface area contributed by atoms with Gasteiger partial charge in [-0.05, 0) is 36.5 Å². The van der Waals surface area contributed by atoms with Crippen molar-refractivity contribution in [2.75, 3.05) is 23.7 Å². The number of benzene rings is 1. The van der Waals surface area contributed by atoms with Crippen molar-refractivity contribution in [3.8, 4) is 0 Å². The molecule has 1 aliphatic heterocycles. The zero-order valence-corrected chi connectivity index (χ0v) is 13.5.